The zero-order chi connectivity index (χ0) is 14.5. The first-order valence-corrected chi connectivity index (χ1v) is 6.93. The van der Waals surface area contributed by atoms with Crippen LogP contribution in [0.1, 0.15) is 6.92 Å². The van der Waals surface area contributed by atoms with Gasteiger partial charge in [-0.05, 0) is 13.2 Å². The Kier molecular flexibility index (Phi) is 5.37. The molecule has 0 radical (unpaired) electrons. The Morgan fingerprint density at radius 2 is 2.32 bits per heavy atom. The minimum atomic E-state index is -0.974. The molecule has 0 bridgehead atoms. The average Bonchev–Trinajstić information content (AvgIpc) is 2.35. The van der Waals surface area contributed by atoms with Crippen molar-refractivity contribution in [3.8, 4) is 5.88 Å². The summed E-state index contributed by atoms with van der Waals surface area (Å²) >= 11 is 1.49. The molecule has 0 aliphatic heterocycles. The minimum Gasteiger partial charge on any atom is -0.481 e. The molecule has 1 heterocycles. The van der Waals surface area contributed by atoms with Crippen LogP contribution >= 0.6 is 11.8 Å². The van der Waals surface area contributed by atoms with Crippen molar-refractivity contribution in [1.29, 1.82) is 0 Å². The lowest BCUT2D eigenvalue weighted by molar-refractivity contribution is -0.384. The van der Waals surface area contributed by atoms with E-state index >= 15 is 0 Å². The van der Waals surface area contributed by atoms with Gasteiger partial charge in [-0.2, -0.15) is 16.7 Å². The van der Waals surface area contributed by atoms with Crippen LogP contribution in [-0.2, 0) is 0 Å². The van der Waals surface area contributed by atoms with E-state index in [4.69, 9.17) is 4.74 Å². The molecule has 0 fully saturated rings. The van der Waals surface area contributed by atoms with Crippen molar-refractivity contribution in [2.24, 2.45) is 0 Å². The summed E-state index contributed by atoms with van der Waals surface area (Å²) in [4.78, 5) is 14.3. The third-order valence-electron chi connectivity index (χ3n) is 2.35. The van der Waals surface area contributed by atoms with E-state index in [-0.39, 0.29) is 23.9 Å². The van der Waals surface area contributed by atoms with Crippen molar-refractivity contribution in [3.63, 3.8) is 0 Å². The predicted octanol–water partition coefficient (Wildman–Crippen LogP) is 1.52. The molecule has 0 amide bonds. The Morgan fingerprint density at radius 1 is 1.63 bits per heavy atom. The summed E-state index contributed by atoms with van der Waals surface area (Å²) in [7, 11) is 1.43. The summed E-state index contributed by atoms with van der Waals surface area (Å²) in [6.07, 6.45) is 1.88. The number of nitro groups is 1. The zero-order valence-corrected chi connectivity index (χ0v) is 11.9. The molecule has 1 atom stereocenters. The summed E-state index contributed by atoms with van der Waals surface area (Å²) in [6, 6.07) is 2.74. The number of ether oxygens (including phenoxy) is 1. The molecular weight excluding hydrogens is 270 g/mol. The lowest BCUT2D eigenvalue weighted by Gasteiger charge is -2.22. The number of methoxy groups -OCH3 is 1. The highest BCUT2D eigenvalue weighted by Crippen LogP contribution is 2.25. The molecule has 1 aromatic rings. The first-order chi connectivity index (χ1) is 8.89. The smallest absolute Gasteiger partial charge is 0.311 e. The molecule has 7 nitrogen and oxygen atoms in total. The number of rotatable bonds is 7. The maximum absolute atomic E-state index is 10.9. The van der Waals surface area contributed by atoms with Crippen LogP contribution in [0, 0.1) is 10.1 Å². The van der Waals surface area contributed by atoms with Gasteiger partial charge in [-0.3, -0.25) is 10.1 Å². The van der Waals surface area contributed by atoms with E-state index in [9.17, 15) is 15.2 Å². The minimum absolute atomic E-state index is 0.0886. The molecule has 8 heteroatoms. The summed E-state index contributed by atoms with van der Waals surface area (Å²) in [5, 5.41) is 23.7. The van der Waals surface area contributed by atoms with Gasteiger partial charge in [0.05, 0.1) is 17.6 Å². The van der Waals surface area contributed by atoms with E-state index < -0.39 is 10.5 Å². The summed E-state index contributed by atoms with van der Waals surface area (Å²) < 4.78 is 4.93. The van der Waals surface area contributed by atoms with Crippen molar-refractivity contribution in [2.45, 2.75) is 12.5 Å². The van der Waals surface area contributed by atoms with E-state index in [1.165, 1.54) is 31.0 Å². The van der Waals surface area contributed by atoms with Gasteiger partial charge in [0.1, 0.15) is 0 Å². The van der Waals surface area contributed by atoms with E-state index in [1.807, 2.05) is 6.26 Å². The standard InChI is InChI=1S/C11H17N3O4S/c1-11(15,7-19-3)6-12-10-8(14(16)17)4-5-9(13-10)18-2/h4-5,15H,6-7H2,1-3H3,(H,12,13). The Morgan fingerprint density at radius 3 is 2.84 bits per heavy atom. The second-order valence-electron chi connectivity index (χ2n) is 4.26. The van der Waals surface area contributed by atoms with Crippen LogP contribution in [0.5, 0.6) is 5.88 Å². The van der Waals surface area contributed by atoms with Crippen LogP contribution in [0.3, 0.4) is 0 Å². The first kappa shape index (κ1) is 15.5. The number of hydrogen-bond acceptors (Lipinski definition) is 7. The SMILES string of the molecule is COc1ccc([N+](=O)[O-])c(NCC(C)(O)CSC)n1. The highest BCUT2D eigenvalue weighted by Gasteiger charge is 2.23. The van der Waals surface area contributed by atoms with Gasteiger partial charge < -0.3 is 15.2 Å². The van der Waals surface area contributed by atoms with Gasteiger partial charge in [-0.25, -0.2) is 0 Å². The average molecular weight is 287 g/mol. The lowest BCUT2D eigenvalue weighted by Crippen LogP contribution is -2.36. The summed E-state index contributed by atoms with van der Waals surface area (Å²) in [6.45, 7) is 1.82. The molecule has 1 rings (SSSR count). The Bertz CT molecular complexity index is 454. The summed E-state index contributed by atoms with van der Waals surface area (Å²) in [5.74, 6) is 0.876. The third-order valence-corrected chi connectivity index (χ3v) is 3.26. The van der Waals surface area contributed by atoms with Gasteiger partial charge in [0.15, 0.2) is 0 Å². The number of aliphatic hydroxyl groups is 1. The van der Waals surface area contributed by atoms with Crippen molar-refractivity contribution in [2.75, 3.05) is 31.0 Å². The van der Waals surface area contributed by atoms with E-state index in [0.717, 1.165) is 0 Å². The predicted molar refractivity (Wildman–Crippen MR) is 74.9 cm³/mol. The largest absolute Gasteiger partial charge is 0.481 e. The van der Waals surface area contributed by atoms with Crippen molar-refractivity contribution in [1.82, 2.24) is 4.98 Å². The molecule has 1 aromatic heterocycles. The molecular formula is C11H17N3O4S. The van der Waals surface area contributed by atoms with Crippen molar-refractivity contribution in [3.05, 3.63) is 22.2 Å². The van der Waals surface area contributed by atoms with Crippen LogP contribution in [0.4, 0.5) is 11.5 Å². The van der Waals surface area contributed by atoms with Crippen LogP contribution in [0.15, 0.2) is 12.1 Å². The van der Waals surface area contributed by atoms with Crippen LogP contribution < -0.4 is 10.1 Å². The molecule has 0 aromatic carbocycles. The highest BCUT2D eigenvalue weighted by atomic mass is 32.2. The second kappa shape index (κ2) is 6.58. The number of thioether (sulfide) groups is 1. The number of aromatic nitrogens is 1. The number of hydrogen-bond donors (Lipinski definition) is 2. The number of nitrogens with one attached hydrogen (secondary N) is 1. The molecule has 0 saturated heterocycles. The van der Waals surface area contributed by atoms with E-state index in [2.05, 4.69) is 10.3 Å². The van der Waals surface area contributed by atoms with Gasteiger partial charge in [0, 0.05) is 24.4 Å². The Hall–Kier alpha value is -1.54. The number of anilines is 1. The fraction of sp³-hybridized carbons (Fsp3) is 0.545. The van der Waals surface area contributed by atoms with Crippen LogP contribution in [-0.4, -0.2) is 46.3 Å². The van der Waals surface area contributed by atoms with E-state index in [1.54, 1.807) is 6.92 Å². The molecule has 1 unspecified atom stereocenters. The van der Waals surface area contributed by atoms with E-state index in [0.29, 0.717) is 5.75 Å². The van der Waals surface area contributed by atoms with Crippen molar-refractivity contribution < 1.29 is 14.8 Å². The van der Waals surface area contributed by atoms with Gasteiger partial charge in [0.2, 0.25) is 11.7 Å². The Labute approximate surface area is 115 Å². The molecule has 0 aliphatic rings. The zero-order valence-electron chi connectivity index (χ0n) is 11.0. The molecule has 2 N–H and O–H groups in total. The maximum atomic E-state index is 10.9. The molecule has 0 saturated carbocycles. The topological polar surface area (TPSA) is 97.5 Å². The third kappa shape index (κ3) is 4.56. The molecule has 106 valence electrons. The van der Waals surface area contributed by atoms with Gasteiger partial charge in [-0.1, -0.05) is 0 Å². The molecule has 0 aliphatic carbocycles. The van der Waals surface area contributed by atoms with Crippen molar-refractivity contribution >= 4 is 23.3 Å². The fourth-order valence-corrected chi connectivity index (χ4v) is 2.19. The lowest BCUT2D eigenvalue weighted by atomic mass is 10.1. The second-order valence-corrected chi connectivity index (χ2v) is 5.13. The maximum Gasteiger partial charge on any atom is 0.311 e. The van der Waals surface area contributed by atoms with Gasteiger partial charge >= 0.3 is 5.69 Å². The number of nitrogens with zero attached hydrogens (tertiary/aromatic N) is 2. The normalized spacial score (nSPS) is 13.7. The molecule has 19 heavy (non-hydrogen) atoms. The quantitative estimate of drug-likeness (QED) is 0.579. The van der Waals surface area contributed by atoms with Crippen LogP contribution in [0.2, 0.25) is 0 Å². The van der Waals surface area contributed by atoms with Crippen LogP contribution in [0.25, 0.3) is 0 Å². The highest BCUT2D eigenvalue weighted by molar-refractivity contribution is 7.98. The van der Waals surface area contributed by atoms with Gasteiger partial charge in [-0.15, -0.1) is 0 Å². The monoisotopic (exact) mass is 287 g/mol. The summed E-state index contributed by atoms with van der Waals surface area (Å²) in [5.41, 5.74) is -1.13. The first-order valence-electron chi connectivity index (χ1n) is 5.54. The Balaban J connectivity index is 2.89. The number of pyridine rings is 1. The fourth-order valence-electron chi connectivity index (χ4n) is 1.46. The van der Waals surface area contributed by atoms with Gasteiger partial charge in [0.25, 0.3) is 0 Å². The molecule has 0 spiro atoms.